The first-order valence-electron chi connectivity index (χ1n) is 3.88. The molecule has 0 amide bonds. The molecule has 1 rings (SSSR count). The standard InChI is InChI=1S/C10H8O3/c11-6-5-10(13)9-4-2-1-3-8(9)7-12/h1-4H,5-6H2. The normalized spacial score (nSPS) is 9.62. The van der Waals surface area contributed by atoms with Crippen molar-refractivity contribution >= 4 is 12.1 Å². The zero-order chi connectivity index (χ0) is 9.68. The minimum Gasteiger partial charge on any atom is -0.294 e. The van der Waals surface area contributed by atoms with Crippen molar-refractivity contribution in [2.24, 2.45) is 0 Å². The van der Waals surface area contributed by atoms with E-state index in [9.17, 15) is 14.7 Å². The zero-order valence-electron chi connectivity index (χ0n) is 6.95. The summed E-state index contributed by atoms with van der Waals surface area (Å²) in [5.41, 5.74) is 0.509. The van der Waals surface area contributed by atoms with Crippen molar-refractivity contribution in [1.29, 1.82) is 0 Å². The van der Waals surface area contributed by atoms with Crippen molar-refractivity contribution in [3.8, 4) is 0 Å². The van der Waals surface area contributed by atoms with E-state index >= 15 is 0 Å². The van der Waals surface area contributed by atoms with Crippen molar-refractivity contribution < 1.29 is 14.7 Å². The highest BCUT2D eigenvalue weighted by molar-refractivity contribution is 6.02. The molecule has 66 valence electrons. The molecule has 0 saturated heterocycles. The maximum Gasteiger partial charge on any atom is 0.234 e. The molecule has 0 unspecified atom stereocenters. The zero-order valence-corrected chi connectivity index (χ0v) is 6.95. The van der Waals surface area contributed by atoms with E-state index in [4.69, 9.17) is 0 Å². The summed E-state index contributed by atoms with van der Waals surface area (Å²) in [7, 11) is 0. The molecule has 0 spiro atoms. The van der Waals surface area contributed by atoms with Crippen LogP contribution in [0, 0.1) is 0 Å². The Morgan fingerprint density at radius 1 is 1.31 bits per heavy atom. The third-order valence-electron chi connectivity index (χ3n) is 1.67. The quantitative estimate of drug-likeness (QED) is 0.646. The fourth-order valence-electron chi connectivity index (χ4n) is 1.04. The number of benzene rings is 1. The molecule has 0 aliphatic heterocycles. The van der Waals surface area contributed by atoms with Gasteiger partial charge in [0.2, 0.25) is 6.29 Å². The second-order valence-corrected chi connectivity index (χ2v) is 2.52. The second kappa shape index (κ2) is 4.52. The molecule has 0 fully saturated rings. The van der Waals surface area contributed by atoms with Gasteiger partial charge in [-0.3, -0.25) is 9.59 Å². The van der Waals surface area contributed by atoms with Crippen LogP contribution in [0.25, 0.3) is 0 Å². The lowest BCUT2D eigenvalue weighted by molar-refractivity contribution is 0.0924. The van der Waals surface area contributed by atoms with Gasteiger partial charge in [-0.15, -0.1) is 0 Å². The Morgan fingerprint density at radius 2 is 2.00 bits per heavy atom. The van der Waals surface area contributed by atoms with Crippen LogP contribution in [0.1, 0.15) is 22.3 Å². The van der Waals surface area contributed by atoms with Crippen LogP contribution in [0.5, 0.6) is 0 Å². The van der Waals surface area contributed by atoms with Gasteiger partial charge in [0.25, 0.3) is 0 Å². The summed E-state index contributed by atoms with van der Waals surface area (Å²) in [5, 5.41) is 10.2. The van der Waals surface area contributed by atoms with Crippen LogP contribution in [0.4, 0.5) is 0 Å². The van der Waals surface area contributed by atoms with Crippen molar-refractivity contribution in [1.82, 2.24) is 0 Å². The Kier molecular flexibility index (Phi) is 3.34. The predicted molar refractivity (Wildman–Crippen MR) is 45.7 cm³/mol. The van der Waals surface area contributed by atoms with Crippen LogP contribution in [0.3, 0.4) is 0 Å². The Labute approximate surface area is 76.0 Å². The first-order valence-corrected chi connectivity index (χ1v) is 3.88. The molecule has 3 heteroatoms. The van der Waals surface area contributed by atoms with E-state index in [-0.39, 0.29) is 23.3 Å². The summed E-state index contributed by atoms with van der Waals surface area (Å²) < 4.78 is 0. The summed E-state index contributed by atoms with van der Waals surface area (Å²) >= 11 is 0. The molecule has 0 N–H and O–H groups in total. The first kappa shape index (κ1) is 9.61. The van der Waals surface area contributed by atoms with E-state index in [2.05, 4.69) is 0 Å². The molecule has 0 aromatic heterocycles. The number of hydrogen-bond donors (Lipinski definition) is 0. The number of carbonyl (C=O) groups excluding carboxylic acids is 2. The van der Waals surface area contributed by atoms with E-state index in [1.807, 2.05) is 0 Å². The van der Waals surface area contributed by atoms with Crippen molar-refractivity contribution in [3.05, 3.63) is 35.4 Å². The number of Topliss-reactive ketones (excluding diaryl/α,β-unsaturated/α-hetero) is 1. The summed E-state index contributed by atoms with van der Waals surface area (Å²) in [6.07, 6.45) is 1.59. The van der Waals surface area contributed by atoms with Crippen molar-refractivity contribution in [2.45, 2.75) is 6.42 Å². The van der Waals surface area contributed by atoms with Gasteiger partial charge in [0, 0.05) is 17.5 Å². The summed E-state index contributed by atoms with van der Waals surface area (Å²) in [6.45, 7) is -0.452. The van der Waals surface area contributed by atoms with E-state index in [0.29, 0.717) is 0 Å². The van der Waals surface area contributed by atoms with E-state index < -0.39 is 6.61 Å². The van der Waals surface area contributed by atoms with Gasteiger partial charge in [-0.1, -0.05) is 24.3 Å². The largest absolute Gasteiger partial charge is 0.294 e. The smallest absolute Gasteiger partial charge is 0.234 e. The first-order chi connectivity index (χ1) is 6.29. The number of carbonyl (C=O) groups is 1. The van der Waals surface area contributed by atoms with Gasteiger partial charge in [0.05, 0.1) is 6.61 Å². The van der Waals surface area contributed by atoms with Crippen LogP contribution in [0.2, 0.25) is 0 Å². The van der Waals surface area contributed by atoms with Crippen LogP contribution >= 0.6 is 0 Å². The average Bonchev–Trinajstić information content (AvgIpc) is 2.18. The number of hydrogen-bond acceptors (Lipinski definition) is 2. The predicted octanol–water partition coefficient (Wildman–Crippen LogP) is 1.15. The van der Waals surface area contributed by atoms with E-state index in [0.717, 1.165) is 0 Å². The topological polar surface area (TPSA) is 54.0 Å². The van der Waals surface area contributed by atoms with Crippen molar-refractivity contribution in [3.63, 3.8) is 0 Å². The Morgan fingerprint density at radius 3 is 2.62 bits per heavy atom. The van der Waals surface area contributed by atoms with Gasteiger partial charge < -0.3 is 0 Å². The Hall–Kier alpha value is -1.48. The lowest BCUT2D eigenvalue weighted by Crippen LogP contribution is -2.04. The fraction of sp³-hybridized carbons (Fsp3) is 0.200. The molecule has 0 atom stereocenters. The van der Waals surface area contributed by atoms with Crippen LogP contribution in [-0.2, 0) is 9.90 Å². The molecule has 2 radical (unpaired) electrons. The van der Waals surface area contributed by atoms with Gasteiger partial charge in [-0.25, -0.2) is 5.11 Å². The SMILES string of the molecule is [O]CCC(=O)c1ccccc1[C]=O. The van der Waals surface area contributed by atoms with Crippen LogP contribution in [-0.4, -0.2) is 18.7 Å². The monoisotopic (exact) mass is 176 g/mol. The van der Waals surface area contributed by atoms with Crippen molar-refractivity contribution in [2.75, 3.05) is 6.61 Å². The molecule has 0 heterocycles. The third-order valence-corrected chi connectivity index (χ3v) is 1.67. The molecule has 0 saturated carbocycles. The van der Waals surface area contributed by atoms with Gasteiger partial charge in [0.1, 0.15) is 0 Å². The maximum atomic E-state index is 11.2. The minimum absolute atomic E-state index is 0.0707. The molecule has 0 aliphatic rings. The highest BCUT2D eigenvalue weighted by atomic mass is 16.3. The average molecular weight is 176 g/mol. The van der Waals surface area contributed by atoms with E-state index in [1.54, 1.807) is 18.4 Å². The van der Waals surface area contributed by atoms with E-state index in [1.165, 1.54) is 12.1 Å². The summed E-state index contributed by atoms with van der Waals surface area (Å²) in [4.78, 5) is 21.6. The molecule has 0 aliphatic carbocycles. The molecule has 13 heavy (non-hydrogen) atoms. The van der Waals surface area contributed by atoms with Gasteiger partial charge >= 0.3 is 0 Å². The van der Waals surface area contributed by atoms with Gasteiger partial charge in [0.15, 0.2) is 5.78 Å². The minimum atomic E-state index is -0.452. The molecule has 1 aromatic carbocycles. The fourth-order valence-corrected chi connectivity index (χ4v) is 1.04. The molecular weight excluding hydrogens is 168 g/mol. The Balaban J connectivity index is 2.98. The maximum absolute atomic E-state index is 11.2. The van der Waals surface area contributed by atoms with Crippen LogP contribution in [0.15, 0.2) is 24.3 Å². The summed E-state index contributed by atoms with van der Waals surface area (Å²) in [6, 6.07) is 6.33. The van der Waals surface area contributed by atoms with Gasteiger partial charge in [-0.2, -0.15) is 0 Å². The second-order valence-electron chi connectivity index (χ2n) is 2.52. The molecular formula is C10H8O3. The lowest BCUT2D eigenvalue weighted by atomic mass is 10.0. The van der Waals surface area contributed by atoms with Crippen LogP contribution < -0.4 is 0 Å². The molecule has 0 bridgehead atoms. The lowest BCUT2D eigenvalue weighted by Gasteiger charge is -1.99. The molecule has 1 aromatic rings. The number of rotatable bonds is 4. The highest BCUT2D eigenvalue weighted by Crippen LogP contribution is 2.08. The van der Waals surface area contributed by atoms with Gasteiger partial charge in [-0.05, 0) is 0 Å². The summed E-state index contributed by atoms with van der Waals surface area (Å²) in [5.74, 6) is -0.297. The Bertz CT molecular complexity index is 318. The number of ketones is 1. The molecule has 3 nitrogen and oxygen atoms in total. The highest BCUT2D eigenvalue weighted by Gasteiger charge is 2.09. The third kappa shape index (κ3) is 2.23.